The molecule has 0 aliphatic heterocycles. The van der Waals surface area contributed by atoms with Crippen molar-refractivity contribution in [3.8, 4) is 5.75 Å². The first-order valence-corrected chi connectivity index (χ1v) is 3.82. The predicted molar refractivity (Wildman–Crippen MR) is 43.4 cm³/mol. The summed E-state index contributed by atoms with van der Waals surface area (Å²) < 4.78 is 40.4. The molecular weight excluding hydrogens is 221 g/mol. The van der Waals surface area contributed by atoms with E-state index in [0.717, 1.165) is 12.1 Å². The maximum atomic E-state index is 12.9. The Balaban J connectivity index is 3.22. The average Bonchev–Trinajstić information content (AvgIpc) is 2.11. The lowest BCUT2D eigenvalue weighted by Gasteiger charge is -2.08. The molecular formula is C8H4ClF3O2. The molecule has 1 aromatic carbocycles. The normalized spacial score (nSPS) is 10.4. The summed E-state index contributed by atoms with van der Waals surface area (Å²) in [5, 5.41) is -0.242. The number of carbonyl (C=O) groups is 1. The molecule has 0 aliphatic rings. The van der Waals surface area contributed by atoms with Gasteiger partial charge in [0.1, 0.15) is 5.82 Å². The number of benzene rings is 1. The highest BCUT2D eigenvalue weighted by Crippen LogP contribution is 2.30. The van der Waals surface area contributed by atoms with Crippen LogP contribution in [0.15, 0.2) is 12.1 Å². The summed E-state index contributed by atoms with van der Waals surface area (Å²) in [6.07, 6.45) is 0.0684. The van der Waals surface area contributed by atoms with Gasteiger partial charge in [0, 0.05) is 0 Å². The molecule has 0 unspecified atom stereocenters. The van der Waals surface area contributed by atoms with E-state index < -0.39 is 23.7 Å². The van der Waals surface area contributed by atoms with Gasteiger partial charge in [-0.25, -0.2) is 4.39 Å². The molecule has 0 saturated carbocycles. The van der Waals surface area contributed by atoms with Crippen LogP contribution in [0.1, 0.15) is 10.4 Å². The van der Waals surface area contributed by atoms with Crippen LogP contribution < -0.4 is 4.74 Å². The van der Waals surface area contributed by atoms with E-state index in [1.807, 2.05) is 0 Å². The molecule has 0 aromatic heterocycles. The smallest absolute Gasteiger partial charge is 0.387 e. The van der Waals surface area contributed by atoms with Gasteiger partial charge in [-0.05, 0) is 12.1 Å². The summed E-state index contributed by atoms with van der Waals surface area (Å²) in [7, 11) is 0. The molecule has 0 bridgehead atoms. The first kappa shape index (κ1) is 10.8. The minimum absolute atomic E-state index is 0.0684. The summed E-state index contributed by atoms with van der Waals surface area (Å²) >= 11 is 5.44. The molecule has 14 heavy (non-hydrogen) atoms. The number of ether oxygens (including phenoxy) is 1. The Kier molecular flexibility index (Phi) is 3.35. The van der Waals surface area contributed by atoms with Crippen LogP contribution in [0.5, 0.6) is 5.75 Å². The molecule has 0 N–H and O–H groups in total. The third-order valence-corrected chi connectivity index (χ3v) is 1.72. The Hall–Kier alpha value is -1.23. The first-order chi connectivity index (χ1) is 6.56. The standard InChI is InChI=1S/C8H4ClF3O2/c9-5-1-2-6(10)4(3-13)7(5)14-8(11)12/h1-3,8H. The van der Waals surface area contributed by atoms with Gasteiger partial charge < -0.3 is 4.74 Å². The first-order valence-electron chi connectivity index (χ1n) is 3.44. The number of carbonyl (C=O) groups excluding carboxylic acids is 1. The van der Waals surface area contributed by atoms with Crippen LogP contribution in [-0.4, -0.2) is 12.9 Å². The fourth-order valence-electron chi connectivity index (χ4n) is 0.868. The van der Waals surface area contributed by atoms with Crippen molar-refractivity contribution in [2.45, 2.75) is 6.61 Å². The van der Waals surface area contributed by atoms with Crippen molar-refractivity contribution in [1.82, 2.24) is 0 Å². The van der Waals surface area contributed by atoms with Crippen LogP contribution in [0.4, 0.5) is 13.2 Å². The van der Waals surface area contributed by atoms with Crippen molar-refractivity contribution in [3.05, 3.63) is 28.5 Å². The van der Waals surface area contributed by atoms with E-state index in [4.69, 9.17) is 11.6 Å². The van der Waals surface area contributed by atoms with Crippen molar-refractivity contribution in [3.63, 3.8) is 0 Å². The van der Waals surface area contributed by atoms with Crippen LogP contribution in [0.25, 0.3) is 0 Å². The second-order valence-corrected chi connectivity index (χ2v) is 2.68. The second-order valence-electron chi connectivity index (χ2n) is 2.27. The Labute approximate surface area is 82.2 Å². The lowest BCUT2D eigenvalue weighted by atomic mass is 10.2. The number of hydrogen-bond acceptors (Lipinski definition) is 2. The fraction of sp³-hybridized carbons (Fsp3) is 0.125. The van der Waals surface area contributed by atoms with E-state index >= 15 is 0 Å². The number of aldehydes is 1. The van der Waals surface area contributed by atoms with E-state index in [-0.39, 0.29) is 11.3 Å². The number of halogens is 4. The highest BCUT2D eigenvalue weighted by molar-refractivity contribution is 6.32. The summed E-state index contributed by atoms with van der Waals surface area (Å²) in [4.78, 5) is 10.4. The zero-order valence-electron chi connectivity index (χ0n) is 6.64. The summed E-state index contributed by atoms with van der Waals surface area (Å²) in [6, 6.07) is 1.92. The van der Waals surface area contributed by atoms with Gasteiger partial charge in [0.05, 0.1) is 10.6 Å². The Bertz CT molecular complexity index is 355. The van der Waals surface area contributed by atoms with Gasteiger partial charge in [-0.3, -0.25) is 4.79 Å². The molecule has 1 aromatic rings. The van der Waals surface area contributed by atoms with E-state index in [1.165, 1.54) is 0 Å². The van der Waals surface area contributed by atoms with Gasteiger partial charge in [0.2, 0.25) is 0 Å². The summed E-state index contributed by atoms with van der Waals surface area (Å²) in [6.45, 7) is -3.16. The largest absolute Gasteiger partial charge is 0.432 e. The third-order valence-electron chi connectivity index (χ3n) is 1.42. The molecule has 0 atom stereocenters. The van der Waals surface area contributed by atoms with Crippen molar-refractivity contribution in [2.75, 3.05) is 0 Å². The second kappa shape index (κ2) is 4.32. The monoisotopic (exact) mass is 224 g/mol. The minimum atomic E-state index is -3.16. The average molecular weight is 225 g/mol. The topological polar surface area (TPSA) is 26.3 Å². The van der Waals surface area contributed by atoms with Gasteiger partial charge in [-0.15, -0.1) is 0 Å². The van der Waals surface area contributed by atoms with E-state index in [2.05, 4.69) is 4.74 Å². The summed E-state index contributed by atoms with van der Waals surface area (Å²) in [5.41, 5.74) is -0.613. The Morgan fingerprint density at radius 1 is 1.43 bits per heavy atom. The molecule has 1 rings (SSSR count). The quantitative estimate of drug-likeness (QED) is 0.738. The predicted octanol–water partition coefficient (Wildman–Crippen LogP) is 2.89. The van der Waals surface area contributed by atoms with Gasteiger partial charge in [0.15, 0.2) is 12.0 Å². The lowest BCUT2D eigenvalue weighted by molar-refractivity contribution is -0.0501. The molecule has 2 nitrogen and oxygen atoms in total. The number of hydrogen-bond donors (Lipinski definition) is 0. The maximum absolute atomic E-state index is 12.9. The molecule has 0 heterocycles. The SMILES string of the molecule is O=Cc1c(F)ccc(Cl)c1OC(F)F. The van der Waals surface area contributed by atoms with Gasteiger partial charge in [0.25, 0.3) is 0 Å². The zero-order chi connectivity index (χ0) is 10.7. The van der Waals surface area contributed by atoms with Crippen LogP contribution in [0.2, 0.25) is 5.02 Å². The number of alkyl halides is 2. The van der Waals surface area contributed by atoms with Crippen molar-refractivity contribution >= 4 is 17.9 Å². The molecule has 0 fully saturated rings. The fourth-order valence-corrected chi connectivity index (χ4v) is 1.08. The van der Waals surface area contributed by atoms with E-state index in [0.29, 0.717) is 0 Å². The Morgan fingerprint density at radius 2 is 2.07 bits per heavy atom. The van der Waals surface area contributed by atoms with E-state index in [1.54, 1.807) is 0 Å². The van der Waals surface area contributed by atoms with Crippen molar-refractivity contribution < 1.29 is 22.7 Å². The van der Waals surface area contributed by atoms with Gasteiger partial charge in [-0.2, -0.15) is 8.78 Å². The van der Waals surface area contributed by atoms with Crippen LogP contribution in [0.3, 0.4) is 0 Å². The maximum Gasteiger partial charge on any atom is 0.387 e. The highest BCUT2D eigenvalue weighted by atomic mass is 35.5. The molecule has 6 heteroatoms. The Morgan fingerprint density at radius 3 is 2.57 bits per heavy atom. The molecule has 0 amide bonds. The molecule has 0 radical (unpaired) electrons. The van der Waals surface area contributed by atoms with Gasteiger partial charge >= 0.3 is 6.61 Å². The molecule has 0 aliphatic carbocycles. The minimum Gasteiger partial charge on any atom is -0.432 e. The molecule has 0 spiro atoms. The van der Waals surface area contributed by atoms with Crippen molar-refractivity contribution in [2.24, 2.45) is 0 Å². The van der Waals surface area contributed by atoms with Gasteiger partial charge in [-0.1, -0.05) is 11.6 Å². The van der Waals surface area contributed by atoms with Crippen LogP contribution in [0, 0.1) is 5.82 Å². The third kappa shape index (κ3) is 2.17. The van der Waals surface area contributed by atoms with Crippen LogP contribution in [-0.2, 0) is 0 Å². The summed E-state index contributed by atoms with van der Waals surface area (Å²) in [5.74, 6) is -1.60. The van der Waals surface area contributed by atoms with Crippen molar-refractivity contribution in [1.29, 1.82) is 0 Å². The molecule has 76 valence electrons. The number of rotatable bonds is 3. The highest BCUT2D eigenvalue weighted by Gasteiger charge is 2.16. The zero-order valence-corrected chi connectivity index (χ0v) is 7.39. The van der Waals surface area contributed by atoms with Crippen LogP contribution >= 0.6 is 11.6 Å². The lowest BCUT2D eigenvalue weighted by Crippen LogP contribution is -2.06. The van der Waals surface area contributed by atoms with E-state index in [9.17, 15) is 18.0 Å². The molecule has 0 saturated heterocycles.